The van der Waals surface area contributed by atoms with Gasteiger partial charge in [0.2, 0.25) is 5.91 Å². The highest BCUT2D eigenvalue weighted by atomic mass is 16.5. The molecule has 3 rings (SSSR count). The molecule has 0 radical (unpaired) electrons. The lowest BCUT2D eigenvalue weighted by Crippen LogP contribution is -2.33. The Morgan fingerprint density at radius 2 is 2.04 bits per heavy atom. The van der Waals surface area contributed by atoms with Gasteiger partial charge in [-0.1, -0.05) is 24.3 Å². The molecule has 1 aromatic heterocycles. The van der Waals surface area contributed by atoms with Crippen molar-refractivity contribution in [1.82, 2.24) is 9.88 Å². The van der Waals surface area contributed by atoms with Crippen LogP contribution in [0.3, 0.4) is 0 Å². The highest BCUT2D eigenvalue weighted by Crippen LogP contribution is 2.29. The third-order valence-electron chi connectivity index (χ3n) is 5.08. The van der Waals surface area contributed by atoms with Gasteiger partial charge in [0.15, 0.2) is 0 Å². The van der Waals surface area contributed by atoms with Crippen LogP contribution in [0.2, 0.25) is 0 Å². The van der Waals surface area contributed by atoms with Crippen LogP contribution in [0.15, 0.2) is 30.3 Å². The topological polar surface area (TPSA) is 60.3 Å². The molecular weight excluding hydrogens is 328 g/mol. The Morgan fingerprint density at radius 1 is 1.27 bits per heavy atom. The molecule has 138 valence electrons. The van der Waals surface area contributed by atoms with Gasteiger partial charge in [-0.2, -0.15) is 0 Å². The number of aryl methyl sites for hydroxylation is 2. The van der Waals surface area contributed by atoms with Gasteiger partial charge in [-0.25, -0.2) is 4.79 Å². The summed E-state index contributed by atoms with van der Waals surface area (Å²) in [5.41, 5.74) is 4.72. The minimum atomic E-state index is -0.339. The number of carbonyl (C=O) groups is 2. The van der Waals surface area contributed by atoms with E-state index in [4.69, 9.17) is 4.74 Å². The average Bonchev–Trinajstić information content (AvgIpc) is 2.90. The number of benzene rings is 1. The van der Waals surface area contributed by atoms with E-state index in [0.717, 1.165) is 30.7 Å². The lowest BCUT2D eigenvalue weighted by molar-refractivity contribution is -0.122. The number of amides is 1. The molecule has 0 saturated heterocycles. The molecular formula is C21H26N2O3. The van der Waals surface area contributed by atoms with Gasteiger partial charge in [0, 0.05) is 11.4 Å². The minimum absolute atomic E-state index is 0.0380. The Kier molecular flexibility index (Phi) is 5.45. The number of nitrogens with zero attached hydrogens (tertiary/aromatic N) is 1. The van der Waals surface area contributed by atoms with E-state index in [1.54, 1.807) is 13.0 Å². The SMILES string of the molecule is CCOC(=O)c1cc(C)n(CC(=O)N[C@H]2CCCc3ccccc32)c1C. The first-order valence-corrected chi connectivity index (χ1v) is 9.22. The molecule has 5 heteroatoms. The molecule has 0 unspecified atom stereocenters. The molecule has 1 aliphatic rings. The summed E-state index contributed by atoms with van der Waals surface area (Å²) in [6, 6.07) is 10.2. The zero-order chi connectivity index (χ0) is 18.7. The molecule has 1 aliphatic carbocycles. The fraction of sp³-hybridized carbons (Fsp3) is 0.429. The second-order valence-electron chi connectivity index (χ2n) is 6.80. The number of rotatable bonds is 5. The van der Waals surface area contributed by atoms with E-state index in [-0.39, 0.29) is 24.5 Å². The van der Waals surface area contributed by atoms with Gasteiger partial charge in [0.25, 0.3) is 0 Å². The summed E-state index contributed by atoms with van der Waals surface area (Å²) in [5.74, 6) is -0.377. The number of fused-ring (bicyclic) bond motifs is 1. The number of hydrogen-bond acceptors (Lipinski definition) is 3. The van der Waals surface area contributed by atoms with Crippen molar-refractivity contribution in [3.63, 3.8) is 0 Å². The number of ether oxygens (including phenoxy) is 1. The van der Waals surface area contributed by atoms with Crippen molar-refractivity contribution in [1.29, 1.82) is 0 Å². The van der Waals surface area contributed by atoms with E-state index >= 15 is 0 Å². The summed E-state index contributed by atoms with van der Waals surface area (Å²) in [7, 11) is 0. The maximum Gasteiger partial charge on any atom is 0.339 e. The lowest BCUT2D eigenvalue weighted by atomic mass is 9.88. The Morgan fingerprint density at radius 3 is 2.81 bits per heavy atom. The molecule has 0 fully saturated rings. The Bertz CT molecular complexity index is 823. The molecule has 0 spiro atoms. The predicted molar refractivity (Wildman–Crippen MR) is 100 cm³/mol. The molecule has 0 saturated carbocycles. The molecule has 1 aromatic carbocycles. The summed E-state index contributed by atoms with van der Waals surface area (Å²) in [6.07, 6.45) is 3.11. The molecule has 5 nitrogen and oxygen atoms in total. The highest BCUT2D eigenvalue weighted by Gasteiger charge is 2.23. The van der Waals surface area contributed by atoms with E-state index < -0.39 is 0 Å². The lowest BCUT2D eigenvalue weighted by Gasteiger charge is -2.26. The molecule has 26 heavy (non-hydrogen) atoms. The normalized spacial score (nSPS) is 16.0. The number of aromatic nitrogens is 1. The first-order chi connectivity index (χ1) is 12.5. The van der Waals surface area contributed by atoms with Crippen molar-refractivity contribution in [2.45, 2.75) is 52.6 Å². The van der Waals surface area contributed by atoms with Crippen LogP contribution < -0.4 is 5.32 Å². The van der Waals surface area contributed by atoms with Crippen molar-refractivity contribution in [2.75, 3.05) is 6.61 Å². The average molecular weight is 354 g/mol. The molecule has 1 heterocycles. The molecule has 1 N–H and O–H groups in total. The Labute approximate surface area is 154 Å². The summed E-state index contributed by atoms with van der Waals surface area (Å²) in [5, 5.41) is 3.17. The molecule has 0 aliphatic heterocycles. The zero-order valence-corrected chi connectivity index (χ0v) is 15.7. The van der Waals surface area contributed by atoms with Crippen LogP contribution in [0.4, 0.5) is 0 Å². The Balaban J connectivity index is 1.73. The second kappa shape index (κ2) is 7.77. The van der Waals surface area contributed by atoms with Crippen LogP contribution in [0.1, 0.15) is 58.7 Å². The quantitative estimate of drug-likeness (QED) is 0.836. The number of nitrogens with one attached hydrogen (secondary N) is 1. The second-order valence-corrected chi connectivity index (χ2v) is 6.80. The first-order valence-electron chi connectivity index (χ1n) is 9.22. The van der Waals surface area contributed by atoms with Crippen molar-refractivity contribution in [2.24, 2.45) is 0 Å². The third-order valence-corrected chi connectivity index (χ3v) is 5.08. The van der Waals surface area contributed by atoms with Gasteiger partial charge in [0.05, 0.1) is 18.2 Å². The highest BCUT2D eigenvalue weighted by molar-refractivity contribution is 5.91. The zero-order valence-electron chi connectivity index (χ0n) is 15.7. The summed E-state index contributed by atoms with van der Waals surface area (Å²) >= 11 is 0. The van der Waals surface area contributed by atoms with Gasteiger partial charge in [0.1, 0.15) is 6.54 Å². The van der Waals surface area contributed by atoms with Crippen LogP contribution in [0.25, 0.3) is 0 Å². The number of hydrogen-bond donors (Lipinski definition) is 1. The minimum Gasteiger partial charge on any atom is -0.462 e. The summed E-state index contributed by atoms with van der Waals surface area (Å²) in [4.78, 5) is 24.7. The Hall–Kier alpha value is -2.56. The van der Waals surface area contributed by atoms with Crippen molar-refractivity contribution in [3.05, 3.63) is 58.4 Å². The van der Waals surface area contributed by atoms with Gasteiger partial charge >= 0.3 is 5.97 Å². The maximum absolute atomic E-state index is 12.7. The van der Waals surface area contributed by atoms with E-state index in [9.17, 15) is 9.59 Å². The van der Waals surface area contributed by atoms with Gasteiger partial charge < -0.3 is 14.6 Å². The van der Waals surface area contributed by atoms with Crippen molar-refractivity contribution < 1.29 is 14.3 Å². The van der Waals surface area contributed by atoms with Gasteiger partial charge in [-0.05, 0) is 57.2 Å². The van der Waals surface area contributed by atoms with E-state index in [0.29, 0.717) is 12.2 Å². The molecule has 0 bridgehead atoms. The number of esters is 1. The van der Waals surface area contributed by atoms with Crippen LogP contribution in [0, 0.1) is 13.8 Å². The fourth-order valence-electron chi connectivity index (χ4n) is 3.75. The maximum atomic E-state index is 12.7. The molecule has 1 atom stereocenters. The van der Waals surface area contributed by atoms with Crippen molar-refractivity contribution >= 4 is 11.9 Å². The van der Waals surface area contributed by atoms with Crippen molar-refractivity contribution in [3.8, 4) is 0 Å². The van der Waals surface area contributed by atoms with Gasteiger partial charge in [-0.15, -0.1) is 0 Å². The summed E-state index contributed by atoms with van der Waals surface area (Å²) in [6.45, 7) is 6.08. The number of carbonyl (C=O) groups excluding carboxylic acids is 2. The van der Waals surface area contributed by atoms with Gasteiger partial charge in [-0.3, -0.25) is 4.79 Å². The smallest absolute Gasteiger partial charge is 0.339 e. The first kappa shape index (κ1) is 18.2. The fourth-order valence-corrected chi connectivity index (χ4v) is 3.75. The molecule has 1 amide bonds. The largest absolute Gasteiger partial charge is 0.462 e. The van der Waals surface area contributed by atoms with Crippen LogP contribution >= 0.6 is 0 Å². The van der Waals surface area contributed by atoms with E-state index in [1.165, 1.54) is 11.1 Å². The summed E-state index contributed by atoms with van der Waals surface area (Å²) < 4.78 is 6.96. The third kappa shape index (κ3) is 3.66. The van der Waals surface area contributed by atoms with E-state index in [1.807, 2.05) is 30.5 Å². The van der Waals surface area contributed by atoms with Crippen LogP contribution in [-0.4, -0.2) is 23.1 Å². The van der Waals surface area contributed by atoms with Crippen LogP contribution in [-0.2, 0) is 22.5 Å². The van der Waals surface area contributed by atoms with E-state index in [2.05, 4.69) is 17.4 Å². The predicted octanol–water partition coefficient (Wildman–Crippen LogP) is 3.48. The standard InChI is InChI=1S/C21H26N2O3/c1-4-26-21(25)18-12-14(2)23(15(18)3)13-20(24)22-19-11-7-9-16-8-5-6-10-17(16)19/h5-6,8,10,12,19H,4,7,9,11,13H2,1-3H3,(H,22,24)/t19-/m0/s1. The monoisotopic (exact) mass is 354 g/mol. The van der Waals surface area contributed by atoms with Crippen LogP contribution in [0.5, 0.6) is 0 Å². The molecule has 2 aromatic rings.